The van der Waals surface area contributed by atoms with Gasteiger partial charge < -0.3 is 9.64 Å². The van der Waals surface area contributed by atoms with Crippen LogP contribution in [0.3, 0.4) is 0 Å². The van der Waals surface area contributed by atoms with E-state index in [2.05, 4.69) is 29.2 Å². The fraction of sp³-hybridized carbons (Fsp3) is 0.480. The molecule has 3 heterocycles. The van der Waals surface area contributed by atoms with Crippen molar-refractivity contribution in [2.75, 3.05) is 24.6 Å². The third kappa shape index (κ3) is 4.18. The van der Waals surface area contributed by atoms with Gasteiger partial charge in [-0.15, -0.1) is 11.3 Å². The van der Waals surface area contributed by atoms with E-state index in [4.69, 9.17) is 14.7 Å². The minimum Gasteiger partial charge on any atom is -0.466 e. The third-order valence-electron chi connectivity index (χ3n) is 6.39. The molecule has 0 radical (unpaired) electrons. The summed E-state index contributed by atoms with van der Waals surface area (Å²) in [5.41, 5.74) is 2.67. The highest BCUT2D eigenvalue weighted by atomic mass is 32.1. The number of fused-ring (bicyclic) bond motifs is 3. The first-order valence-electron chi connectivity index (χ1n) is 11.5. The van der Waals surface area contributed by atoms with Crippen molar-refractivity contribution >= 4 is 33.3 Å². The topological polar surface area (TPSA) is 55.3 Å². The number of thiophene rings is 1. The first kappa shape index (κ1) is 20.4. The average Bonchev–Trinajstić information content (AvgIpc) is 3.18. The number of hydrogen-bond donors (Lipinski definition) is 0. The van der Waals surface area contributed by atoms with E-state index in [9.17, 15) is 4.79 Å². The summed E-state index contributed by atoms with van der Waals surface area (Å²) < 4.78 is 5.34. The number of aryl methyl sites for hydroxylation is 2. The lowest BCUT2D eigenvalue weighted by Crippen LogP contribution is -2.40. The van der Waals surface area contributed by atoms with Crippen LogP contribution in [0.5, 0.6) is 0 Å². The molecular formula is C25H29N3O2S. The van der Waals surface area contributed by atoms with Crippen molar-refractivity contribution in [1.82, 2.24) is 9.97 Å². The van der Waals surface area contributed by atoms with Crippen molar-refractivity contribution < 1.29 is 9.53 Å². The van der Waals surface area contributed by atoms with Gasteiger partial charge in [-0.25, -0.2) is 9.97 Å². The predicted octanol–water partition coefficient (Wildman–Crippen LogP) is 4.94. The number of carbonyl (C=O) groups excluding carboxylic acids is 1. The van der Waals surface area contributed by atoms with Crippen LogP contribution in [-0.2, 0) is 28.8 Å². The number of hydrogen-bond acceptors (Lipinski definition) is 6. The molecule has 1 aliphatic heterocycles. The first-order valence-corrected chi connectivity index (χ1v) is 12.3. The Morgan fingerprint density at radius 3 is 2.84 bits per heavy atom. The summed E-state index contributed by atoms with van der Waals surface area (Å²) in [5.74, 6) is 1.75. The maximum atomic E-state index is 12.4. The molecule has 5 rings (SSSR count). The molecule has 31 heavy (non-hydrogen) atoms. The molecule has 1 aromatic carbocycles. The molecule has 5 nitrogen and oxygen atoms in total. The number of ether oxygens (including phenoxy) is 1. The molecule has 2 aromatic heterocycles. The minimum atomic E-state index is -0.0780. The summed E-state index contributed by atoms with van der Waals surface area (Å²) in [6.45, 7) is 3.92. The number of carbonyl (C=O) groups is 1. The summed E-state index contributed by atoms with van der Waals surface area (Å²) in [5, 5.41) is 1.24. The number of aromatic nitrogens is 2. The zero-order chi connectivity index (χ0) is 21.2. The molecule has 1 fully saturated rings. The molecule has 1 aliphatic carbocycles. The Morgan fingerprint density at radius 2 is 2.00 bits per heavy atom. The lowest BCUT2D eigenvalue weighted by molar-refractivity contribution is -0.148. The molecule has 3 aromatic rings. The largest absolute Gasteiger partial charge is 0.466 e. The van der Waals surface area contributed by atoms with Crippen LogP contribution >= 0.6 is 11.3 Å². The maximum absolute atomic E-state index is 12.4. The fourth-order valence-corrected chi connectivity index (χ4v) is 6.16. The molecule has 0 unspecified atom stereocenters. The van der Waals surface area contributed by atoms with E-state index < -0.39 is 0 Å². The smallest absolute Gasteiger partial charge is 0.310 e. The van der Waals surface area contributed by atoms with Gasteiger partial charge in [0.2, 0.25) is 0 Å². The van der Waals surface area contributed by atoms with Gasteiger partial charge in [0.15, 0.2) is 0 Å². The molecule has 6 heteroatoms. The van der Waals surface area contributed by atoms with Crippen LogP contribution in [0.25, 0.3) is 10.2 Å². The van der Waals surface area contributed by atoms with Gasteiger partial charge in [0.05, 0.1) is 17.9 Å². The Morgan fingerprint density at radius 1 is 1.16 bits per heavy atom. The van der Waals surface area contributed by atoms with Gasteiger partial charge in [0, 0.05) is 24.4 Å². The van der Waals surface area contributed by atoms with E-state index in [-0.39, 0.29) is 11.9 Å². The Bertz CT molecular complexity index is 1080. The normalized spacial score (nSPS) is 18.7. The van der Waals surface area contributed by atoms with Crippen LogP contribution in [0.4, 0.5) is 5.82 Å². The van der Waals surface area contributed by atoms with E-state index in [0.717, 1.165) is 55.1 Å². The molecule has 162 valence electrons. The third-order valence-corrected chi connectivity index (χ3v) is 7.57. The van der Waals surface area contributed by atoms with Gasteiger partial charge >= 0.3 is 5.97 Å². The van der Waals surface area contributed by atoms with Crippen molar-refractivity contribution in [3.63, 3.8) is 0 Å². The fourth-order valence-electron chi connectivity index (χ4n) is 4.89. The van der Waals surface area contributed by atoms with Crippen molar-refractivity contribution in [3.8, 4) is 0 Å². The Labute approximate surface area is 187 Å². The molecule has 0 saturated carbocycles. The number of benzene rings is 1. The highest BCUT2D eigenvalue weighted by molar-refractivity contribution is 7.19. The van der Waals surface area contributed by atoms with Crippen LogP contribution in [0, 0.1) is 5.92 Å². The van der Waals surface area contributed by atoms with Gasteiger partial charge in [-0.1, -0.05) is 30.3 Å². The van der Waals surface area contributed by atoms with E-state index >= 15 is 0 Å². The number of anilines is 1. The number of esters is 1. The molecule has 1 saturated heterocycles. The molecule has 0 amide bonds. The summed E-state index contributed by atoms with van der Waals surface area (Å²) in [6, 6.07) is 10.4. The summed E-state index contributed by atoms with van der Waals surface area (Å²) in [7, 11) is 0. The molecule has 0 N–H and O–H groups in total. The van der Waals surface area contributed by atoms with Gasteiger partial charge in [-0.05, 0) is 56.6 Å². The van der Waals surface area contributed by atoms with E-state index in [0.29, 0.717) is 13.2 Å². The van der Waals surface area contributed by atoms with Gasteiger partial charge in [-0.3, -0.25) is 4.79 Å². The molecule has 2 aliphatic rings. The Kier molecular flexibility index (Phi) is 5.90. The lowest BCUT2D eigenvalue weighted by Gasteiger charge is -2.33. The second-order valence-electron chi connectivity index (χ2n) is 8.55. The highest BCUT2D eigenvalue weighted by Crippen LogP contribution is 2.40. The molecule has 1 atom stereocenters. The second kappa shape index (κ2) is 8.95. The maximum Gasteiger partial charge on any atom is 0.310 e. The van der Waals surface area contributed by atoms with Crippen molar-refractivity contribution in [2.45, 2.75) is 51.9 Å². The monoisotopic (exact) mass is 435 g/mol. The SMILES string of the molecule is CCOC(=O)[C@H]1CCCN(c2nc(Cc3ccccc3)nc3sc4c(c23)CCCC4)C1. The summed E-state index contributed by atoms with van der Waals surface area (Å²) >= 11 is 1.85. The number of nitrogens with zero attached hydrogens (tertiary/aromatic N) is 3. The first-order chi connectivity index (χ1) is 15.2. The zero-order valence-corrected chi connectivity index (χ0v) is 18.9. The number of rotatable bonds is 5. The van der Waals surface area contributed by atoms with Crippen LogP contribution < -0.4 is 4.90 Å². The van der Waals surface area contributed by atoms with Crippen molar-refractivity contribution in [2.24, 2.45) is 5.92 Å². The Balaban J connectivity index is 1.55. The highest BCUT2D eigenvalue weighted by Gasteiger charge is 2.30. The van der Waals surface area contributed by atoms with Gasteiger partial charge in [-0.2, -0.15) is 0 Å². The van der Waals surface area contributed by atoms with E-state index in [1.54, 1.807) is 0 Å². The number of piperidine rings is 1. The van der Waals surface area contributed by atoms with Crippen molar-refractivity contribution in [1.29, 1.82) is 0 Å². The second-order valence-corrected chi connectivity index (χ2v) is 9.64. The van der Waals surface area contributed by atoms with Gasteiger partial charge in [0.25, 0.3) is 0 Å². The van der Waals surface area contributed by atoms with E-state index in [1.165, 1.54) is 34.2 Å². The Hall–Kier alpha value is -2.47. The van der Waals surface area contributed by atoms with Gasteiger partial charge in [0.1, 0.15) is 16.5 Å². The lowest BCUT2D eigenvalue weighted by atomic mass is 9.95. The summed E-state index contributed by atoms with van der Waals surface area (Å²) in [6.07, 6.45) is 7.34. The minimum absolute atomic E-state index is 0.0747. The van der Waals surface area contributed by atoms with Crippen LogP contribution in [-0.4, -0.2) is 35.6 Å². The summed E-state index contributed by atoms with van der Waals surface area (Å²) in [4.78, 5) is 27.5. The van der Waals surface area contributed by atoms with Crippen molar-refractivity contribution in [3.05, 3.63) is 52.2 Å². The molecular weight excluding hydrogens is 406 g/mol. The van der Waals surface area contributed by atoms with Crippen LogP contribution in [0.15, 0.2) is 30.3 Å². The molecule has 0 spiro atoms. The van der Waals surface area contributed by atoms with Crippen LogP contribution in [0.1, 0.15) is 54.4 Å². The average molecular weight is 436 g/mol. The van der Waals surface area contributed by atoms with E-state index in [1.807, 2.05) is 24.3 Å². The quantitative estimate of drug-likeness (QED) is 0.531. The molecule has 0 bridgehead atoms. The predicted molar refractivity (Wildman–Crippen MR) is 125 cm³/mol. The zero-order valence-electron chi connectivity index (χ0n) is 18.1. The van der Waals surface area contributed by atoms with Crippen LogP contribution in [0.2, 0.25) is 0 Å². The standard InChI is InChI=1S/C25H29N3O2S/c1-2-30-25(29)18-11-8-14-28(16-18)23-22-19-12-6-7-13-20(19)31-24(22)27-21(26-23)15-17-9-4-3-5-10-17/h3-5,9-10,18H,2,6-8,11-16H2,1H3/t18-/m0/s1.